The van der Waals surface area contributed by atoms with Gasteiger partial charge >= 0.3 is 5.97 Å². The fourth-order valence-electron chi connectivity index (χ4n) is 2.35. The first-order valence-electron chi connectivity index (χ1n) is 6.34. The van der Waals surface area contributed by atoms with Gasteiger partial charge in [0.05, 0.1) is 4.34 Å². The predicted octanol–water partition coefficient (Wildman–Crippen LogP) is 2.80. The number of hydrogen-bond acceptors (Lipinski definition) is 3. The Balaban J connectivity index is 1.92. The quantitative estimate of drug-likeness (QED) is 0.930. The van der Waals surface area contributed by atoms with Gasteiger partial charge in [-0.05, 0) is 37.8 Å². The number of halogens is 1. The van der Waals surface area contributed by atoms with Crippen LogP contribution in [0.1, 0.15) is 30.6 Å². The van der Waals surface area contributed by atoms with Crippen molar-refractivity contribution < 1.29 is 14.7 Å². The summed E-state index contributed by atoms with van der Waals surface area (Å²) in [6.07, 6.45) is 3.30. The zero-order valence-corrected chi connectivity index (χ0v) is 12.0. The van der Waals surface area contributed by atoms with E-state index in [9.17, 15) is 9.59 Å². The van der Waals surface area contributed by atoms with Gasteiger partial charge in [-0.25, -0.2) is 4.79 Å². The molecule has 1 N–H and O–H groups in total. The largest absolute Gasteiger partial charge is 0.480 e. The molecule has 0 aliphatic carbocycles. The summed E-state index contributed by atoms with van der Waals surface area (Å²) in [5.74, 6) is -0.969. The minimum atomic E-state index is -0.896. The van der Waals surface area contributed by atoms with E-state index in [-0.39, 0.29) is 5.91 Å². The number of aryl methyl sites for hydroxylation is 1. The number of hydrogen-bond donors (Lipinski definition) is 1. The lowest BCUT2D eigenvalue weighted by molar-refractivity contribution is -0.152. The Bertz CT molecular complexity index is 474. The number of thiophene rings is 1. The Morgan fingerprint density at radius 3 is 2.84 bits per heavy atom. The van der Waals surface area contributed by atoms with Crippen molar-refractivity contribution in [2.75, 3.05) is 6.54 Å². The summed E-state index contributed by atoms with van der Waals surface area (Å²) in [7, 11) is 0. The van der Waals surface area contributed by atoms with Crippen LogP contribution in [0.4, 0.5) is 0 Å². The summed E-state index contributed by atoms with van der Waals surface area (Å²) in [6.45, 7) is 0.557. The van der Waals surface area contributed by atoms with E-state index in [0.717, 1.165) is 17.7 Å². The molecule has 0 spiro atoms. The molecule has 1 aliphatic heterocycles. The molecule has 1 saturated heterocycles. The lowest BCUT2D eigenvalue weighted by Crippen LogP contribution is -2.48. The number of nitrogens with zero attached hydrogens (tertiary/aromatic N) is 1. The van der Waals surface area contributed by atoms with E-state index in [1.54, 1.807) is 0 Å². The van der Waals surface area contributed by atoms with Crippen molar-refractivity contribution >= 4 is 34.8 Å². The Labute approximate surface area is 121 Å². The van der Waals surface area contributed by atoms with Crippen molar-refractivity contribution in [1.29, 1.82) is 0 Å². The van der Waals surface area contributed by atoms with Gasteiger partial charge < -0.3 is 10.0 Å². The topological polar surface area (TPSA) is 57.6 Å². The fourth-order valence-corrected chi connectivity index (χ4v) is 3.43. The third kappa shape index (κ3) is 3.70. The zero-order valence-electron chi connectivity index (χ0n) is 10.5. The number of carboxylic acids is 1. The lowest BCUT2D eigenvalue weighted by Gasteiger charge is -2.33. The number of piperidine rings is 1. The number of likely N-dealkylation sites (tertiary alicyclic amines) is 1. The molecule has 0 aromatic carbocycles. The molecule has 1 aliphatic rings. The number of carbonyl (C=O) groups is 2. The maximum absolute atomic E-state index is 12.1. The van der Waals surface area contributed by atoms with Gasteiger partial charge in [0.15, 0.2) is 0 Å². The normalized spacial score (nSPS) is 19.4. The molecule has 1 aromatic rings. The maximum atomic E-state index is 12.1. The Kier molecular flexibility index (Phi) is 4.82. The maximum Gasteiger partial charge on any atom is 0.326 e. The number of rotatable bonds is 4. The van der Waals surface area contributed by atoms with Crippen molar-refractivity contribution in [3.63, 3.8) is 0 Å². The van der Waals surface area contributed by atoms with E-state index < -0.39 is 12.0 Å². The molecule has 1 fully saturated rings. The summed E-state index contributed by atoms with van der Waals surface area (Å²) >= 11 is 7.30. The minimum Gasteiger partial charge on any atom is -0.480 e. The molecule has 2 rings (SSSR count). The molecule has 0 saturated carbocycles. The van der Waals surface area contributed by atoms with Crippen LogP contribution in [0.5, 0.6) is 0 Å². The van der Waals surface area contributed by atoms with Crippen LogP contribution in [0.3, 0.4) is 0 Å². The van der Waals surface area contributed by atoms with E-state index >= 15 is 0 Å². The minimum absolute atomic E-state index is 0.0726. The zero-order chi connectivity index (χ0) is 13.8. The van der Waals surface area contributed by atoms with Gasteiger partial charge in [0.1, 0.15) is 6.04 Å². The van der Waals surface area contributed by atoms with Gasteiger partial charge in [-0.3, -0.25) is 4.79 Å². The monoisotopic (exact) mass is 301 g/mol. The number of carbonyl (C=O) groups excluding carboxylic acids is 1. The highest BCUT2D eigenvalue weighted by atomic mass is 35.5. The van der Waals surface area contributed by atoms with Gasteiger partial charge in [-0.1, -0.05) is 11.6 Å². The number of carboxylic acid groups (broad SMARTS) is 1. The van der Waals surface area contributed by atoms with Gasteiger partial charge in [0.2, 0.25) is 5.91 Å². The number of amides is 1. The molecule has 0 unspecified atom stereocenters. The average Bonchev–Trinajstić information content (AvgIpc) is 2.81. The summed E-state index contributed by atoms with van der Waals surface area (Å²) in [5.41, 5.74) is 0. The van der Waals surface area contributed by atoms with E-state index in [1.165, 1.54) is 16.2 Å². The third-order valence-electron chi connectivity index (χ3n) is 3.32. The van der Waals surface area contributed by atoms with Crippen molar-refractivity contribution in [2.45, 2.75) is 38.1 Å². The van der Waals surface area contributed by atoms with E-state index in [0.29, 0.717) is 30.1 Å². The van der Waals surface area contributed by atoms with Crippen LogP contribution in [0, 0.1) is 0 Å². The lowest BCUT2D eigenvalue weighted by atomic mass is 10.0. The van der Waals surface area contributed by atoms with E-state index in [2.05, 4.69) is 0 Å². The van der Waals surface area contributed by atoms with Crippen LogP contribution in [-0.2, 0) is 16.0 Å². The molecule has 1 aromatic heterocycles. The molecule has 19 heavy (non-hydrogen) atoms. The fraction of sp³-hybridized carbons (Fsp3) is 0.538. The Morgan fingerprint density at radius 1 is 1.42 bits per heavy atom. The highest BCUT2D eigenvalue weighted by Crippen LogP contribution is 2.24. The second-order valence-corrected chi connectivity index (χ2v) is 6.44. The molecule has 104 valence electrons. The van der Waals surface area contributed by atoms with Gasteiger partial charge in [-0.2, -0.15) is 0 Å². The Morgan fingerprint density at radius 2 is 2.21 bits per heavy atom. The van der Waals surface area contributed by atoms with Crippen molar-refractivity contribution in [1.82, 2.24) is 4.90 Å². The molecular weight excluding hydrogens is 286 g/mol. The van der Waals surface area contributed by atoms with Crippen LogP contribution in [-0.4, -0.2) is 34.5 Å². The molecule has 0 bridgehead atoms. The summed E-state index contributed by atoms with van der Waals surface area (Å²) in [5, 5.41) is 9.14. The number of aliphatic carboxylic acids is 1. The Hall–Kier alpha value is -1.07. The second kappa shape index (κ2) is 6.39. The van der Waals surface area contributed by atoms with Crippen LogP contribution >= 0.6 is 22.9 Å². The molecule has 4 nitrogen and oxygen atoms in total. The molecule has 1 amide bonds. The second-order valence-electron chi connectivity index (χ2n) is 4.64. The SMILES string of the molecule is O=C(O)[C@H]1CCCCN1C(=O)CCc1ccc(Cl)s1. The van der Waals surface area contributed by atoms with Gasteiger partial charge in [0.25, 0.3) is 0 Å². The van der Waals surface area contributed by atoms with Crippen molar-refractivity contribution in [3.05, 3.63) is 21.3 Å². The van der Waals surface area contributed by atoms with Crippen LogP contribution in [0.15, 0.2) is 12.1 Å². The molecular formula is C13H16ClNO3S. The van der Waals surface area contributed by atoms with E-state index in [4.69, 9.17) is 16.7 Å². The molecule has 0 radical (unpaired) electrons. The van der Waals surface area contributed by atoms with E-state index in [1.807, 2.05) is 12.1 Å². The van der Waals surface area contributed by atoms with Crippen LogP contribution < -0.4 is 0 Å². The van der Waals surface area contributed by atoms with Crippen LogP contribution in [0.2, 0.25) is 4.34 Å². The highest BCUT2D eigenvalue weighted by Gasteiger charge is 2.31. The third-order valence-corrected chi connectivity index (χ3v) is 4.61. The first-order valence-corrected chi connectivity index (χ1v) is 7.54. The molecule has 2 heterocycles. The molecule has 6 heteroatoms. The standard InChI is InChI=1S/C13H16ClNO3S/c14-11-6-4-9(19-11)5-7-12(16)15-8-2-1-3-10(15)13(17)18/h4,6,10H,1-3,5,7-8H2,(H,17,18)/t10-/m1/s1. The summed E-state index contributed by atoms with van der Waals surface area (Å²) in [4.78, 5) is 25.8. The van der Waals surface area contributed by atoms with Crippen molar-refractivity contribution in [2.24, 2.45) is 0 Å². The molecule has 1 atom stereocenters. The average molecular weight is 302 g/mol. The highest BCUT2D eigenvalue weighted by molar-refractivity contribution is 7.16. The first kappa shape index (κ1) is 14.3. The van der Waals surface area contributed by atoms with Crippen LogP contribution in [0.25, 0.3) is 0 Å². The van der Waals surface area contributed by atoms with Crippen molar-refractivity contribution in [3.8, 4) is 0 Å². The smallest absolute Gasteiger partial charge is 0.326 e. The first-order chi connectivity index (χ1) is 9.08. The van der Waals surface area contributed by atoms with Gasteiger partial charge in [-0.15, -0.1) is 11.3 Å². The predicted molar refractivity (Wildman–Crippen MR) is 74.6 cm³/mol. The van der Waals surface area contributed by atoms with Gasteiger partial charge in [0, 0.05) is 17.8 Å². The summed E-state index contributed by atoms with van der Waals surface area (Å²) < 4.78 is 0.712. The summed E-state index contributed by atoms with van der Waals surface area (Å²) in [6, 6.07) is 3.08.